The molecule has 1 saturated heterocycles. The van der Waals surface area contributed by atoms with Crippen LogP contribution < -0.4 is 10.6 Å². The molecular weight excluding hydrogens is 264 g/mol. The van der Waals surface area contributed by atoms with Crippen molar-refractivity contribution in [3.05, 3.63) is 29.8 Å². The first kappa shape index (κ1) is 16.0. The maximum Gasteiger partial charge on any atom is 0.250 e. The Morgan fingerprint density at radius 3 is 2.57 bits per heavy atom. The molecule has 116 valence electrons. The van der Waals surface area contributed by atoms with Gasteiger partial charge in [0, 0.05) is 18.8 Å². The van der Waals surface area contributed by atoms with Crippen LogP contribution >= 0.6 is 0 Å². The van der Waals surface area contributed by atoms with Gasteiger partial charge in [0.25, 0.3) is 0 Å². The fraction of sp³-hybridized carbons (Fsp3) is 0.588. The molecule has 0 aliphatic carbocycles. The maximum atomic E-state index is 11.8. The molecule has 21 heavy (non-hydrogen) atoms. The van der Waals surface area contributed by atoms with Gasteiger partial charge in [-0.2, -0.15) is 0 Å². The highest BCUT2D eigenvalue weighted by molar-refractivity contribution is 5.91. The number of amides is 1. The van der Waals surface area contributed by atoms with E-state index in [0.717, 1.165) is 25.2 Å². The number of hydrogen-bond donors (Lipinski definition) is 2. The van der Waals surface area contributed by atoms with Gasteiger partial charge in [0.05, 0.1) is 5.60 Å². The number of ether oxygens (including phenoxy) is 1. The van der Waals surface area contributed by atoms with Crippen LogP contribution in [0.2, 0.25) is 0 Å². The van der Waals surface area contributed by atoms with Crippen LogP contribution in [-0.4, -0.2) is 31.2 Å². The lowest BCUT2D eigenvalue weighted by Crippen LogP contribution is -2.59. The van der Waals surface area contributed by atoms with Crippen molar-refractivity contribution in [2.75, 3.05) is 25.0 Å². The fourth-order valence-electron chi connectivity index (χ4n) is 2.35. The van der Waals surface area contributed by atoms with E-state index < -0.39 is 0 Å². The predicted octanol–water partition coefficient (Wildman–Crippen LogP) is 2.74. The predicted molar refractivity (Wildman–Crippen MR) is 85.5 cm³/mol. The molecule has 1 aromatic rings. The number of benzene rings is 1. The maximum absolute atomic E-state index is 11.8. The molecule has 0 unspecified atom stereocenters. The Bertz CT molecular complexity index is 452. The van der Waals surface area contributed by atoms with Gasteiger partial charge in [-0.25, -0.2) is 0 Å². The second-order valence-corrected chi connectivity index (χ2v) is 6.04. The third-order valence-electron chi connectivity index (χ3n) is 3.86. The number of unbranched alkanes of at least 4 members (excludes halogenated alkanes) is 2. The molecule has 4 nitrogen and oxygen atoms in total. The lowest BCUT2D eigenvalue weighted by molar-refractivity contribution is -0.130. The van der Waals surface area contributed by atoms with Gasteiger partial charge in [-0.3, -0.25) is 4.79 Å². The molecule has 0 atom stereocenters. The number of nitrogens with one attached hydrogen (secondary N) is 2. The van der Waals surface area contributed by atoms with E-state index in [0.29, 0.717) is 0 Å². The molecule has 1 heterocycles. The van der Waals surface area contributed by atoms with E-state index in [9.17, 15) is 4.79 Å². The zero-order valence-electron chi connectivity index (χ0n) is 13.1. The first-order valence-electron chi connectivity index (χ1n) is 7.85. The molecule has 0 spiro atoms. The number of carbonyl (C=O) groups is 1. The molecular formula is C17H26N2O2. The summed E-state index contributed by atoms with van der Waals surface area (Å²) in [5, 5.41) is 6.02. The minimum atomic E-state index is -0.180. The Morgan fingerprint density at radius 1 is 1.29 bits per heavy atom. The van der Waals surface area contributed by atoms with Crippen molar-refractivity contribution in [2.24, 2.45) is 0 Å². The Kier molecular flexibility index (Phi) is 5.76. The van der Waals surface area contributed by atoms with Crippen LogP contribution in [0.25, 0.3) is 0 Å². The van der Waals surface area contributed by atoms with Crippen molar-refractivity contribution in [3.8, 4) is 0 Å². The number of aryl methyl sites for hydroxylation is 1. The summed E-state index contributed by atoms with van der Waals surface area (Å²) >= 11 is 0. The number of hydrogen-bond acceptors (Lipinski definition) is 3. The van der Waals surface area contributed by atoms with E-state index in [1.165, 1.54) is 24.8 Å². The standard InChI is InChI=1S/C17H26N2O2/c1-3-4-5-6-14-7-9-15(10-8-14)19-16(20)11-21-17(2)12-18-13-17/h7-10,18H,3-6,11-13H2,1-2H3,(H,19,20). The average molecular weight is 290 g/mol. The monoisotopic (exact) mass is 290 g/mol. The highest BCUT2D eigenvalue weighted by Crippen LogP contribution is 2.16. The second kappa shape index (κ2) is 7.57. The highest BCUT2D eigenvalue weighted by Gasteiger charge is 2.32. The lowest BCUT2D eigenvalue weighted by atomic mass is 10.0. The van der Waals surface area contributed by atoms with Crippen molar-refractivity contribution < 1.29 is 9.53 Å². The van der Waals surface area contributed by atoms with Crippen molar-refractivity contribution in [1.82, 2.24) is 5.32 Å². The summed E-state index contributed by atoms with van der Waals surface area (Å²) < 4.78 is 5.61. The van der Waals surface area contributed by atoms with E-state index >= 15 is 0 Å². The van der Waals surface area contributed by atoms with Crippen molar-refractivity contribution >= 4 is 11.6 Å². The SMILES string of the molecule is CCCCCc1ccc(NC(=O)COC2(C)CNC2)cc1. The number of rotatable bonds is 8. The van der Waals surface area contributed by atoms with Crippen molar-refractivity contribution in [1.29, 1.82) is 0 Å². The summed E-state index contributed by atoms with van der Waals surface area (Å²) in [5.74, 6) is -0.0955. The summed E-state index contributed by atoms with van der Waals surface area (Å²) in [4.78, 5) is 11.8. The zero-order chi connectivity index (χ0) is 15.1. The molecule has 4 heteroatoms. The van der Waals surface area contributed by atoms with Gasteiger partial charge in [0.1, 0.15) is 6.61 Å². The molecule has 1 amide bonds. The van der Waals surface area contributed by atoms with Gasteiger partial charge in [-0.15, -0.1) is 0 Å². The molecule has 0 bridgehead atoms. The first-order chi connectivity index (χ1) is 10.1. The first-order valence-corrected chi connectivity index (χ1v) is 7.85. The summed E-state index contributed by atoms with van der Waals surface area (Å²) in [7, 11) is 0. The molecule has 1 aliphatic heterocycles. The van der Waals surface area contributed by atoms with Gasteiger partial charge in [0.15, 0.2) is 0 Å². The summed E-state index contributed by atoms with van der Waals surface area (Å²) in [6.45, 7) is 5.96. The highest BCUT2D eigenvalue weighted by atomic mass is 16.5. The minimum Gasteiger partial charge on any atom is -0.363 e. The molecule has 0 radical (unpaired) electrons. The largest absolute Gasteiger partial charge is 0.363 e. The van der Waals surface area contributed by atoms with Crippen LogP contribution in [0.4, 0.5) is 5.69 Å². The van der Waals surface area contributed by atoms with E-state index in [1.54, 1.807) is 0 Å². The molecule has 1 fully saturated rings. The van der Waals surface area contributed by atoms with Crippen LogP contribution in [0.1, 0.15) is 38.7 Å². The zero-order valence-corrected chi connectivity index (χ0v) is 13.1. The van der Waals surface area contributed by atoms with E-state index in [2.05, 4.69) is 29.7 Å². The number of anilines is 1. The second-order valence-electron chi connectivity index (χ2n) is 6.04. The smallest absolute Gasteiger partial charge is 0.250 e. The summed E-state index contributed by atoms with van der Waals surface area (Å²) in [5.41, 5.74) is 1.98. The third kappa shape index (κ3) is 5.14. The third-order valence-corrected chi connectivity index (χ3v) is 3.86. The van der Waals surface area contributed by atoms with E-state index in [1.807, 2.05) is 19.1 Å². The fourth-order valence-corrected chi connectivity index (χ4v) is 2.35. The average Bonchev–Trinajstić information content (AvgIpc) is 2.45. The van der Waals surface area contributed by atoms with Crippen LogP contribution in [0.3, 0.4) is 0 Å². The van der Waals surface area contributed by atoms with Gasteiger partial charge in [-0.05, 0) is 37.5 Å². The van der Waals surface area contributed by atoms with E-state index in [-0.39, 0.29) is 18.1 Å². The Morgan fingerprint density at radius 2 is 2.00 bits per heavy atom. The van der Waals surface area contributed by atoms with Crippen LogP contribution in [0, 0.1) is 0 Å². The number of carbonyl (C=O) groups excluding carboxylic acids is 1. The van der Waals surface area contributed by atoms with Crippen LogP contribution in [0.15, 0.2) is 24.3 Å². The normalized spacial score (nSPS) is 16.3. The summed E-state index contributed by atoms with van der Waals surface area (Å²) in [6.07, 6.45) is 4.84. The summed E-state index contributed by atoms with van der Waals surface area (Å²) in [6, 6.07) is 8.10. The Labute approximate surface area is 127 Å². The molecule has 1 aliphatic rings. The Balaban J connectivity index is 1.73. The van der Waals surface area contributed by atoms with Gasteiger partial charge >= 0.3 is 0 Å². The lowest BCUT2D eigenvalue weighted by Gasteiger charge is -2.38. The Hall–Kier alpha value is -1.39. The molecule has 0 aromatic heterocycles. The van der Waals surface area contributed by atoms with Crippen LogP contribution in [-0.2, 0) is 16.0 Å². The van der Waals surface area contributed by atoms with Gasteiger partial charge in [0.2, 0.25) is 5.91 Å². The molecule has 1 aromatic carbocycles. The molecule has 0 saturated carbocycles. The van der Waals surface area contributed by atoms with Gasteiger partial charge < -0.3 is 15.4 Å². The van der Waals surface area contributed by atoms with E-state index in [4.69, 9.17) is 4.74 Å². The minimum absolute atomic E-state index is 0.0955. The molecule has 2 rings (SSSR count). The van der Waals surface area contributed by atoms with Gasteiger partial charge in [-0.1, -0.05) is 31.9 Å². The van der Waals surface area contributed by atoms with Crippen LogP contribution in [0.5, 0.6) is 0 Å². The quantitative estimate of drug-likeness (QED) is 0.724. The van der Waals surface area contributed by atoms with Crippen molar-refractivity contribution in [3.63, 3.8) is 0 Å². The topological polar surface area (TPSA) is 50.4 Å². The molecule has 2 N–H and O–H groups in total. The van der Waals surface area contributed by atoms with Crippen molar-refractivity contribution in [2.45, 2.75) is 45.1 Å².